The van der Waals surface area contributed by atoms with E-state index in [0.717, 1.165) is 0 Å². The molecule has 0 saturated heterocycles. The van der Waals surface area contributed by atoms with E-state index in [1.807, 2.05) is 28.4 Å². The second-order valence-electron chi connectivity index (χ2n) is 4.21. The summed E-state index contributed by atoms with van der Waals surface area (Å²) in [5, 5.41) is 0. The van der Waals surface area contributed by atoms with E-state index in [2.05, 4.69) is 0 Å². The molecule has 0 radical (unpaired) electrons. The van der Waals surface area contributed by atoms with E-state index in [1.165, 1.54) is 0 Å². The smallest absolute Gasteiger partial charge is 0.378 e. The highest BCUT2D eigenvalue weighted by Crippen LogP contribution is 2.31. The molecule has 0 fully saturated rings. The van der Waals surface area contributed by atoms with Crippen LogP contribution >= 0.6 is 28.4 Å². The lowest BCUT2D eigenvalue weighted by atomic mass is 10.2. The molecule has 10 heteroatoms. The minimum Gasteiger partial charge on any atom is -0.476 e. The van der Waals surface area contributed by atoms with Crippen molar-refractivity contribution in [1.82, 2.24) is 0 Å². The normalized spacial score (nSPS) is 19.9. The van der Waals surface area contributed by atoms with Crippen molar-refractivity contribution in [3.63, 3.8) is 0 Å². The lowest BCUT2D eigenvalue weighted by molar-refractivity contribution is -0.154. The number of hydrogen-bond donors (Lipinski definition) is 0. The summed E-state index contributed by atoms with van der Waals surface area (Å²) in [5.74, 6) is -1.23. The van der Waals surface area contributed by atoms with Crippen molar-refractivity contribution >= 4 is 40.3 Å². The molecular formula is C10H17O7P3. The van der Waals surface area contributed by atoms with Crippen LogP contribution in [-0.4, -0.2) is 30.8 Å². The average molecular weight is 342 g/mol. The van der Waals surface area contributed by atoms with E-state index in [0.29, 0.717) is 0 Å². The van der Waals surface area contributed by atoms with Crippen LogP contribution in [0, 0.1) is 5.92 Å². The topological polar surface area (TPSA) is 80.3 Å². The van der Waals surface area contributed by atoms with E-state index < -0.39 is 18.2 Å². The molecule has 1 aliphatic rings. The second kappa shape index (κ2) is 8.09. The Hall–Kier alpha value is -0.470. The SMILES string of the molecule is CC(C)C(=O)OCC(OP)C1OC(=O)C(OP)=C1OP. The maximum absolute atomic E-state index is 11.6. The van der Waals surface area contributed by atoms with Gasteiger partial charge in [0.05, 0.1) is 24.9 Å². The van der Waals surface area contributed by atoms with Gasteiger partial charge in [0, 0.05) is 9.47 Å². The Bertz CT molecular complexity index is 410. The summed E-state index contributed by atoms with van der Waals surface area (Å²) in [4.78, 5) is 23.0. The number of carbonyl (C=O) groups is 2. The van der Waals surface area contributed by atoms with E-state index in [-0.39, 0.29) is 30.0 Å². The molecule has 1 heterocycles. The molecule has 1 aliphatic heterocycles. The molecule has 7 nitrogen and oxygen atoms in total. The van der Waals surface area contributed by atoms with Gasteiger partial charge in [-0.3, -0.25) is 4.79 Å². The number of carbonyl (C=O) groups excluding carboxylic acids is 2. The van der Waals surface area contributed by atoms with E-state index in [4.69, 9.17) is 23.0 Å². The van der Waals surface area contributed by atoms with Crippen LogP contribution in [-0.2, 0) is 32.6 Å². The molecular weight excluding hydrogens is 325 g/mol. The predicted octanol–water partition coefficient (Wildman–Crippen LogP) is 1.11. The Morgan fingerprint density at radius 2 is 1.95 bits per heavy atom. The zero-order valence-corrected chi connectivity index (χ0v) is 14.5. The summed E-state index contributed by atoms with van der Waals surface area (Å²) < 4.78 is 25.1. The molecule has 5 unspecified atom stereocenters. The van der Waals surface area contributed by atoms with Gasteiger partial charge in [-0.15, -0.1) is 0 Å². The van der Waals surface area contributed by atoms with Crippen molar-refractivity contribution in [3.05, 3.63) is 11.5 Å². The first-order chi connectivity index (χ1) is 9.46. The van der Waals surface area contributed by atoms with Gasteiger partial charge in [0.15, 0.2) is 11.9 Å². The van der Waals surface area contributed by atoms with Gasteiger partial charge in [-0.2, -0.15) is 0 Å². The second-order valence-corrected chi connectivity index (χ2v) is 4.96. The standard InChI is InChI=1S/C10H17O7P3/c1-4(2)9(11)13-3-5(15-18)6-7(16-19)8(17-20)10(12)14-6/h4-6H,3,18-20H2,1-2H3. The third-order valence-corrected chi connectivity index (χ3v) is 3.36. The highest BCUT2D eigenvalue weighted by molar-refractivity contribution is 7.10. The molecule has 0 N–H and O–H groups in total. The summed E-state index contributed by atoms with van der Waals surface area (Å²) >= 11 is 0. The predicted molar refractivity (Wildman–Crippen MR) is 78.9 cm³/mol. The molecule has 0 bridgehead atoms. The van der Waals surface area contributed by atoms with Gasteiger partial charge >= 0.3 is 11.9 Å². The lowest BCUT2D eigenvalue weighted by Crippen LogP contribution is -2.35. The number of esters is 2. The first-order valence-electron chi connectivity index (χ1n) is 5.67. The third kappa shape index (κ3) is 4.02. The third-order valence-electron chi connectivity index (χ3n) is 2.52. The van der Waals surface area contributed by atoms with Crippen LogP contribution in [0.3, 0.4) is 0 Å². The number of rotatable bonds is 7. The van der Waals surface area contributed by atoms with Crippen molar-refractivity contribution in [2.75, 3.05) is 6.61 Å². The number of hydrogen-bond acceptors (Lipinski definition) is 7. The lowest BCUT2D eigenvalue weighted by Gasteiger charge is -2.22. The van der Waals surface area contributed by atoms with Gasteiger partial charge in [-0.05, 0) is 0 Å². The number of cyclic esters (lactones) is 1. The molecule has 1 rings (SSSR count). The van der Waals surface area contributed by atoms with Gasteiger partial charge in [0.1, 0.15) is 12.7 Å². The molecule has 0 saturated carbocycles. The van der Waals surface area contributed by atoms with Crippen LogP contribution in [0.1, 0.15) is 13.8 Å². The Kier molecular flexibility index (Phi) is 7.11. The Morgan fingerprint density at radius 3 is 2.40 bits per heavy atom. The quantitative estimate of drug-likeness (QED) is 0.506. The fourth-order valence-electron chi connectivity index (χ4n) is 1.45. The molecule has 0 aromatic carbocycles. The molecule has 114 valence electrons. The minimum absolute atomic E-state index is 0.0720. The Balaban J connectivity index is 2.78. The molecule has 0 spiro atoms. The maximum atomic E-state index is 11.6. The molecule has 0 aromatic rings. The van der Waals surface area contributed by atoms with Crippen LogP contribution in [0.5, 0.6) is 0 Å². The van der Waals surface area contributed by atoms with Crippen molar-refractivity contribution in [3.8, 4) is 0 Å². The van der Waals surface area contributed by atoms with Crippen LogP contribution < -0.4 is 0 Å². The first-order valence-corrected chi connectivity index (χ1v) is 7.08. The molecule has 0 amide bonds. The summed E-state index contributed by atoms with van der Waals surface area (Å²) in [6.45, 7) is 3.35. The van der Waals surface area contributed by atoms with Gasteiger partial charge in [0.25, 0.3) is 0 Å². The van der Waals surface area contributed by atoms with E-state index in [9.17, 15) is 9.59 Å². The highest BCUT2D eigenvalue weighted by Gasteiger charge is 2.42. The van der Waals surface area contributed by atoms with Crippen molar-refractivity contribution in [2.45, 2.75) is 26.1 Å². The van der Waals surface area contributed by atoms with Gasteiger partial charge < -0.3 is 23.0 Å². The monoisotopic (exact) mass is 342 g/mol. The maximum Gasteiger partial charge on any atom is 0.378 e. The van der Waals surface area contributed by atoms with Crippen LogP contribution in [0.2, 0.25) is 0 Å². The molecule has 0 aromatic heterocycles. The summed E-state index contributed by atoms with van der Waals surface area (Å²) in [7, 11) is 5.98. The fourth-order valence-corrected chi connectivity index (χ4v) is 2.13. The van der Waals surface area contributed by atoms with E-state index in [1.54, 1.807) is 13.8 Å². The Morgan fingerprint density at radius 1 is 1.30 bits per heavy atom. The zero-order valence-electron chi connectivity index (χ0n) is 11.0. The van der Waals surface area contributed by atoms with Gasteiger partial charge in [-0.1, -0.05) is 13.8 Å². The van der Waals surface area contributed by atoms with E-state index >= 15 is 0 Å². The van der Waals surface area contributed by atoms with Crippen molar-refractivity contribution < 1.29 is 32.6 Å². The summed E-state index contributed by atoms with van der Waals surface area (Å²) in [6, 6.07) is 0. The van der Waals surface area contributed by atoms with Crippen LogP contribution in [0.15, 0.2) is 11.5 Å². The summed E-state index contributed by atoms with van der Waals surface area (Å²) in [5.41, 5.74) is 0. The highest BCUT2D eigenvalue weighted by atomic mass is 31.0. The van der Waals surface area contributed by atoms with Crippen molar-refractivity contribution in [1.29, 1.82) is 0 Å². The van der Waals surface area contributed by atoms with Gasteiger partial charge in [-0.25, -0.2) is 4.79 Å². The summed E-state index contributed by atoms with van der Waals surface area (Å²) in [6.07, 6.45) is -1.58. The zero-order chi connectivity index (χ0) is 15.3. The van der Waals surface area contributed by atoms with Gasteiger partial charge in [0.2, 0.25) is 5.76 Å². The average Bonchev–Trinajstić information content (AvgIpc) is 2.74. The minimum atomic E-state index is -0.854. The van der Waals surface area contributed by atoms with Crippen LogP contribution in [0.4, 0.5) is 0 Å². The largest absolute Gasteiger partial charge is 0.476 e. The van der Waals surface area contributed by atoms with Crippen LogP contribution in [0.25, 0.3) is 0 Å². The fraction of sp³-hybridized carbons (Fsp3) is 0.600. The molecule has 0 aliphatic carbocycles. The Labute approximate surface area is 123 Å². The molecule has 5 atom stereocenters. The van der Waals surface area contributed by atoms with Crippen molar-refractivity contribution in [2.24, 2.45) is 5.92 Å². The first kappa shape index (κ1) is 17.6. The number of ether oxygens (including phenoxy) is 2. The molecule has 20 heavy (non-hydrogen) atoms.